The number of hydrogen-bond acceptors (Lipinski definition) is 2. The van der Waals surface area contributed by atoms with Gasteiger partial charge in [-0.15, -0.1) is 0 Å². The molecule has 0 aliphatic rings. The van der Waals surface area contributed by atoms with Crippen molar-refractivity contribution >= 4 is 5.91 Å². The highest BCUT2D eigenvalue weighted by molar-refractivity contribution is 5.75. The standard InChI is InChI=1S/C11H16N2O2/c1-2-11(15)12-6-4-8-13-7-3-5-10(14)9-13/h3,5,7,9H,2,4,6,8H2,1H3,(H-,12,14,15)/p+1. The van der Waals surface area contributed by atoms with E-state index in [1.165, 1.54) is 0 Å². The Morgan fingerprint density at radius 2 is 2.40 bits per heavy atom. The molecular formula is C11H17N2O2+. The van der Waals surface area contributed by atoms with Gasteiger partial charge in [0.05, 0.1) is 0 Å². The summed E-state index contributed by atoms with van der Waals surface area (Å²) < 4.78 is 1.90. The minimum atomic E-state index is 0.0795. The van der Waals surface area contributed by atoms with E-state index in [0.717, 1.165) is 13.0 Å². The largest absolute Gasteiger partial charge is 0.503 e. The lowest BCUT2D eigenvalue weighted by molar-refractivity contribution is -0.697. The van der Waals surface area contributed by atoms with Gasteiger partial charge in [-0.2, -0.15) is 0 Å². The number of aromatic nitrogens is 1. The maximum absolute atomic E-state index is 10.9. The lowest BCUT2D eigenvalue weighted by Gasteiger charge is -2.01. The topological polar surface area (TPSA) is 53.2 Å². The molecule has 0 saturated carbocycles. The van der Waals surface area contributed by atoms with E-state index in [2.05, 4.69) is 5.32 Å². The van der Waals surface area contributed by atoms with Crippen molar-refractivity contribution in [3.05, 3.63) is 24.5 Å². The lowest BCUT2D eigenvalue weighted by atomic mass is 10.3. The van der Waals surface area contributed by atoms with Crippen molar-refractivity contribution < 1.29 is 14.5 Å². The van der Waals surface area contributed by atoms with Gasteiger partial charge in [0.25, 0.3) is 0 Å². The summed E-state index contributed by atoms with van der Waals surface area (Å²) in [6.45, 7) is 3.30. The van der Waals surface area contributed by atoms with Crippen molar-refractivity contribution in [1.29, 1.82) is 0 Å². The van der Waals surface area contributed by atoms with Crippen molar-refractivity contribution in [3.63, 3.8) is 0 Å². The van der Waals surface area contributed by atoms with Crippen LogP contribution >= 0.6 is 0 Å². The number of hydrogen-bond donors (Lipinski definition) is 2. The van der Waals surface area contributed by atoms with Crippen molar-refractivity contribution in [2.75, 3.05) is 6.54 Å². The first-order chi connectivity index (χ1) is 7.22. The summed E-state index contributed by atoms with van der Waals surface area (Å²) in [4.78, 5) is 10.9. The average Bonchev–Trinajstić information content (AvgIpc) is 2.24. The molecule has 0 saturated heterocycles. The molecule has 0 radical (unpaired) electrons. The van der Waals surface area contributed by atoms with E-state index in [0.29, 0.717) is 13.0 Å². The van der Waals surface area contributed by atoms with Crippen LogP contribution in [0, 0.1) is 0 Å². The van der Waals surface area contributed by atoms with Crippen LogP contribution in [0.3, 0.4) is 0 Å². The molecule has 0 bridgehead atoms. The maximum atomic E-state index is 10.9. The summed E-state index contributed by atoms with van der Waals surface area (Å²) in [5.74, 6) is 0.339. The van der Waals surface area contributed by atoms with E-state index < -0.39 is 0 Å². The Morgan fingerprint density at radius 1 is 1.60 bits per heavy atom. The first kappa shape index (κ1) is 11.5. The molecule has 0 aliphatic carbocycles. The zero-order valence-corrected chi connectivity index (χ0v) is 8.94. The maximum Gasteiger partial charge on any atom is 0.219 e. The van der Waals surface area contributed by atoms with E-state index in [9.17, 15) is 9.90 Å². The third-order valence-electron chi connectivity index (χ3n) is 2.08. The van der Waals surface area contributed by atoms with Gasteiger partial charge in [-0.1, -0.05) is 6.92 Å². The second-order valence-electron chi connectivity index (χ2n) is 3.36. The molecule has 15 heavy (non-hydrogen) atoms. The Morgan fingerprint density at radius 3 is 3.07 bits per heavy atom. The molecule has 0 aliphatic heterocycles. The number of nitrogens with one attached hydrogen (secondary N) is 1. The van der Waals surface area contributed by atoms with E-state index in [4.69, 9.17) is 0 Å². The third-order valence-corrected chi connectivity index (χ3v) is 2.08. The predicted octanol–water partition coefficient (Wildman–Crippen LogP) is 0.596. The Kier molecular flexibility index (Phi) is 4.60. The Labute approximate surface area is 89.6 Å². The zero-order valence-electron chi connectivity index (χ0n) is 8.94. The minimum Gasteiger partial charge on any atom is -0.503 e. The van der Waals surface area contributed by atoms with Crippen LogP contribution in [0.1, 0.15) is 19.8 Å². The normalized spacial score (nSPS) is 9.93. The van der Waals surface area contributed by atoms with Crippen molar-refractivity contribution in [3.8, 4) is 5.75 Å². The summed E-state index contributed by atoms with van der Waals surface area (Å²) in [5, 5.41) is 12.0. The van der Waals surface area contributed by atoms with Gasteiger partial charge >= 0.3 is 0 Å². The van der Waals surface area contributed by atoms with E-state index in [1.54, 1.807) is 18.3 Å². The van der Waals surface area contributed by atoms with E-state index in [-0.39, 0.29) is 11.7 Å². The highest BCUT2D eigenvalue weighted by Gasteiger charge is 2.01. The molecule has 2 N–H and O–H groups in total. The molecule has 0 aromatic carbocycles. The number of carbonyl (C=O) groups excluding carboxylic acids is 1. The van der Waals surface area contributed by atoms with Crippen LogP contribution in [0.25, 0.3) is 0 Å². The summed E-state index contributed by atoms with van der Waals surface area (Å²) in [6, 6.07) is 3.43. The predicted molar refractivity (Wildman–Crippen MR) is 56.2 cm³/mol. The van der Waals surface area contributed by atoms with E-state index in [1.807, 2.05) is 17.7 Å². The van der Waals surface area contributed by atoms with Crippen LogP contribution in [0.2, 0.25) is 0 Å². The summed E-state index contributed by atoms with van der Waals surface area (Å²) in [6.07, 6.45) is 4.95. The summed E-state index contributed by atoms with van der Waals surface area (Å²) in [7, 11) is 0. The van der Waals surface area contributed by atoms with Gasteiger partial charge in [0.2, 0.25) is 12.1 Å². The molecule has 1 aromatic rings. The molecule has 1 aromatic heterocycles. The van der Waals surface area contributed by atoms with Gasteiger partial charge < -0.3 is 10.4 Å². The molecule has 4 heteroatoms. The first-order valence-corrected chi connectivity index (χ1v) is 5.17. The third kappa shape index (κ3) is 4.44. The fourth-order valence-electron chi connectivity index (χ4n) is 1.26. The average molecular weight is 209 g/mol. The number of nitrogens with zero attached hydrogens (tertiary/aromatic N) is 1. The number of aryl methyl sites for hydroxylation is 1. The fourth-order valence-corrected chi connectivity index (χ4v) is 1.26. The number of amides is 1. The molecule has 4 nitrogen and oxygen atoms in total. The van der Waals surface area contributed by atoms with Crippen LogP contribution < -0.4 is 9.88 Å². The van der Waals surface area contributed by atoms with Crippen LogP contribution in [0.4, 0.5) is 0 Å². The van der Waals surface area contributed by atoms with Crippen LogP contribution in [-0.2, 0) is 11.3 Å². The Bertz CT molecular complexity index is 326. The van der Waals surface area contributed by atoms with Crippen LogP contribution in [-0.4, -0.2) is 17.6 Å². The first-order valence-electron chi connectivity index (χ1n) is 5.17. The molecule has 0 atom stereocenters. The van der Waals surface area contributed by atoms with Gasteiger partial charge in [0.15, 0.2) is 11.9 Å². The lowest BCUT2D eigenvalue weighted by Crippen LogP contribution is -2.35. The molecule has 0 unspecified atom stereocenters. The second-order valence-corrected chi connectivity index (χ2v) is 3.36. The molecule has 1 rings (SSSR count). The van der Waals surface area contributed by atoms with Crippen molar-refractivity contribution in [2.24, 2.45) is 0 Å². The van der Waals surface area contributed by atoms with Crippen molar-refractivity contribution in [2.45, 2.75) is 26.3 Å². The molecule has 0 fully saturated rings. The summed E-state index contributed by atoms with van der Waals surface area (Å²) in [5.41, 5.74) is 0. The molecule has 82 valence electrons. The zero-order chi connectivity index (χ0) is 11.1. The van der Waals surface area contributed by atoms with Gasteiger partial charge in [0, 0.05) is 25.5 Å². The van der Waals surface area contributed by atoms with Crippen molar-refractivity contribution in [1.82, 2.24) is 5.32 Å². The van der Waals surface area contributed by atoms with E-state index >= 15 is 0 Å². The smallest absolute Gasteiger partial charge is 0.219 e. The molecule has 1 heterocycles. The monoisotopic (exact) mass is 209 g/mol. The second kappa shape index (κ2) is 6.01. The van der Waals surface area contributed by atoms with Gasteiger partial charge in [-0.25, -0.2) is 4.57 Å². The Hall–Kier alpha value is -1.58. The quantitative estimate of drug-likeness (QED) is 0.551. The number of aromatic hydroxyl groups is 1. The van der Waals surface area contributed by atoms with Crippen LogP contribution in [0.5, 0.6) is 5.75 Å². The highest BCUT2D eigenvalue weighted by Crippen LogP contribution is 2.00. The van der Waals surface area contributed by atoms with Crippen LogP contribution in [0.15, 0.2) is 24.5 Å². The number of rotatable bonds is 5. The van der Waals surface area contributed by atoms with Gasteiger partial charge in [0.1, 0.15) is 6.54 Å². The highest BCUT2D eigenvalue weighted by atomic mass is 16.3. The fraction of sp³-hybridized carbons (Fsp3) is 0.455. The number of pyridine rings is 1. The number of carbonyl (C=O) groups is 1. The van der Waals surface area contributed by atoms with Gasteiger partial charge in [-0.3, -0.25) is 4.79 Å². The Balaban J connectivity index is 2.23. The SMILES string of the molecule is CCC(=O)NCCC[n+]1cccc(O)c1. The molecule has 1 amide bonds. The summed E-state index contributed by atoms with van der Waals surface area (Å²) >= 11 is 0. The molecular weight excluding hydrogens is 192 g/mol. The van der Waals surface area contributed by atoms with Gasteiger partial charge in [-0.05, 0) is 6.07 Å². The molecule has 0 spiro atoms. The minimum absolute atomic E-state index is 0.0795.